The molecule has 0 amide bonds. The second-order valence-electron chi connectivity index (χ2n) is 5.35. The molecule has 3 aromatic rings. The molecule has 0 spiro atoms. The smallest absolute Gasteiger partial charge is 0.227 e. The Morgan fingerprint density at radius 1 is 1.33 bits per heavy atom. The fraction of sp³-hybridized carbons (Fsp3) is 0.333. The Morgan fingerprint density at radius 2 is 2.17 bits per heavy atom. The van der Waals surface area contributed by atoms with Gasteiger partial charge in [-0.15, -0.1) is 5.10 Å². The van der Waals surface area contributed by atoms with E-state index in [0.29, 0.717) is 28.0 Å². The molecule has 9 heteroatoms. The molecule has 24 heavy (non-hydrogen) atoms. The molecular weight excluding hydrogens is 330 g/mol. The number of fused-ring (bicyclic) bond motifs is 1. The standard InChI is InChI=1S/C15H18ClN7O/c1-3-10(8-24)18-15-19-13(12-14(20-15)23(2)22-21-12)17-11-6-4-5-9(16)7-11/h4-7,10,24H,3,8H2,1-2H3,(H2,17,18,19,20). The van der Waals surface area contributed by atoms with Crippen LogP contribution in [0.1, 0.15) is 13.3 Å². The largest absolute Gasteiger partial charge is 0.394 e. The summed E-state index contributed by atoms with van der Waals surface area (Å²) in [6.07, 6.45) is 0.749. The third kappa shape index (κ3) is 3.39. The van der Waals surface area contributed by atoms with E-state index in [2.05, 4.69) is 30.9 Å². The molecule has 0 bridgehead atoms. The van der Waals surface area contributed by atoms with Crippen molar-refractivity contribution in [2.45, 2.75) is 19.4 Å². The highest BCUT2D eigenvalue weighted by atomic mass is 35.5. The highest BCUT2D eigenvalue weighted by Crippen LogP contribution is 2.25. The number of anilines is 3. The summed E-state index contributed by atoms with van der Waals surface area (Å²) in [5.74, 6) is 0.920. The van der Waals surface area contributed by atoms with Crippen molar-refractivity contribution >= 4 is 40.2 Å². The van der Waals surface area contributed by atoms with E-state index in [1.54, 1.807) is 23.9 Å². The summed E-state index contributed by atoms with van der Waals surface area (Å²) in [6, 6.07) is 7.19. The Hall–Kier alpha value is -2.45. The van der Waals surface area contributed by atoms with Gasteiger partial charge in [0.1, 0.15) is 0 Å². The van der Waals surface area contributed by atoms with Crippen LogP contribution in [0.5, 0.6) is 0 Å². The van der Waals surface area contributed by atoms with Crippen LogP contribution in [0.15, 0.2) is 24.3 Å². The maximum absolute atomic E-state index is 9.37. The third-order valence-electron chi connectivity index (χ3n) is 3.58. The number of aryl methyl sites for hydroxylation is 1. The molecule has 2 aromatic heterocycles. The Morgan fingerprint density at radius 3 is 2.88 bits per heavy atom. The van der Waals surface area contributed by atoms with Gasteiger partial charge in [0.2, 0.25) is 5.95 Å². The van der Waals surface area contributed by atoms with Crippen LogP contribution < -0.4 is 10.6 Å². The number of aliphatic hydroxyl groups is 1. The highest BCUT2D eigenvalue weighted by molar-refractivity contribution is 6.30. The molecule has 0 saturated carbocycles. The van der Waals surface area contributed by atoms with Crippen molar-refractivity contribution in [1.29, 1.82) is 0 Å². The van der Waals surface area contributed by atoms with Gasteiger partial charge in [0.05, 0.1) is 12.6 Å². The lowest BCUT2D eigenvalue weighted by atomic mass is 10.2. The minimum atomic E-state index is -0.123. The van der Waals surface area contributed by atoms with Gasteiger partial charge < -0.3 is 15.7 Å². The number of hydrogen-bond donors (Lipinski definition) is 3. The lowest BCUT2D eigenvalue weighted by Gasteiger charge is -2.15. The quantitative estimate of drug-likeness (QED) is 0.629. The number of halogens is 1. The average Bonchev–Trinajstić information content (AvgIpc) is 2.94. The predicted molar refractivity (Wildman–Crippen MR) is 93.6 cm³/mol. The molecule has 3 rings (SSSR count). The maximum Gasteiger partial charge on any atom is 0.227 e. The molecule has 0 aliphatic rings. The van der Waals surface area contributed by atoms with Crippen LogP contribution in [0.3, 0.4) is 0 Å². The van der Waals surface area contributed by atoms with Crippen LogP contribution in [-0.4, -0.2) is 42.7 Å². The van der Waals surface area contributed by atoms with E-state index in [1.165, 1.54) is 0 Å². The number of nitrogens with zero attached hydrogens (tertiary/aromatic N) is 5. The van der Waals surface area contributed by atoms with E-state index < -0.39 is 0 Å². The van der Waals surface area contributed by atoms with Crippen LogP contribution >= 0.6 is 11.6 Å². The van der Waals surface area contributed by atoms with Crippen LogP contribution in [0.25, 0.3) is 11.2 Å². The zero-order valence-electron chi connectivity index (χ0n) is 13.4. The van der Waals surface area contributed by atoms with Crippen molar-refractivity contribution in [2.75, 3.05) is 17.2 Å². The van der Waals surface area contributed by atoms with Crippen molar-refractivity contribution < 1.29 is 5.11 Å². The van der Waals surface area contributed by atoms with E-state index in [0.717, 1.165) is 12.1 Å². The maximum atomic E-state index is 9.37. The summed E-state index contributed by atoms with van der Waals surface area (Å²) in [4.78, 5) is 8.90. The fourth-order valence-electron chi connectivity index (χ4n) is 2.23. The van der Waals surface area contributed by atoms with Gasteiger partial charge in [-0.05, 0) is 24.6 Å². The van der Waals surface area contributed by atoms with E-state index in [1.807, 2.05) is 19.1 Å². The molecule has 0 saturated heterocycles. The second-order valence-corrected chi connectivity index (χ2v) is 5.78. The summed E-state index contributed by atoms with van der Waals surface area (Å²) in [5, 5.41) is 24.4. The lowest BCUT2D eigenvalue weighted by Crippen LogP contribution is -2.24. The van der Waals surface area contributed by atoms with Gasteiger partial charge in [0.25, 0.3) is 0 Å². The van der Waals surface area contributed by atoms with Crippen molar-refractivity contribution in [3.05, 3.63) is 29.3 Å². The first-order valence-electron chi connectivity index (χ1n) is 7.58. The van der Waals surface area contributed by atoms with Crippen LogP contribution in [0.2, 0.25) is 5.02 Å². The summed E-state index contributed by atoms with van der Waals surface area (Å²) in [7, 11) is 1.76. The Balaban J connectivity index is 2.01. The fourth-order valence-corrected chi connectivity index (χ4v) is 2.42. The third-order valence-corrected chi connectivity index (χ3v) is 3.82. The second kappa shape index (κ2) is 6.98. The summed E-state index contributed by atoms with van der Waals surface area (Å²) in [6.45, 7) is 1.97. The molecule has 3 N–H and O–H groups in total. The Bertz CT molecular complexity index is 847. The molecular formula is C15H18ClN7O. The molecule has 1 aromatic carbocycles. The number of nitrogens with one attached hydrogen (secondary N) is 2. The van der Waals surface area contributed by atoms with Crippen molar-refractivity contribution in [1.82, 2.24) is 25.0 Å². The summed E-state index contributed by atoms with van der Waals surface area (Å²) in [5.41, 5.74) is 1.93. The molecule has 1 atom stereocenters. The van der Waals surface area contributed by atoms with Crippen LogP contribution in [-0.2, 0) is 7.05 Å². The van der Waals surface area contributed by atoms with Crippen molar-refractivity contribution in [2.24, 2.45) is 7.05 Å². The van der Waals surface area contributed by atoms with Gasteiger partial charge in [0.15, 0.2) is 17.0 Å². The van der Waals surface area contributed by atoms with Crippen molar-refractivity contribution in [3.63, 3.8) is 0 Å². The predicted octanol–water partition coefficient (Wildman–Crippen LogP) is 2.34. The van der Waals surface area contributed by atoms with Gasteiger partial charge in [-0.2, -0.15) is 9.97 Å². The molecule has 126 valence electrons. The van der Waals surface area contributed by atoms with Crippen LogP contribution in [0, 0.1) is 0 Å². The molecule has 2 heterocycles. The zero-order valence-corrected chi connectivity index (χ0v) is 14.1. The first-order valence-corrected chi connectivity index (χ1v) is 7.96. The number of aliphatic hydroxyl groups excluding tert-OH is 1. The van der Waals surface area contributed by atoms with Gasteiger partial charge in [-0.25, -0.2) is 4.68 Å². The topological polar surface area (TPSA) is 101 Å². The molecule has 0 aliphatic carbocycles. The minimum absolute atomic E-state index is 0.00140. The van der Waals surface area contributed by atoms with Gasteiger partial charge in [-0.3, -0.25) is 0 Å². The number of rotatable bonds is 6. The molecule has 0 radical (unpaired) electrons. The lowest BCUT2D eigenvalue weighted by molar-refractivity contribution is 0.271. The molecule has 8 nitrogen and oxygen atoms in total. The van der Waals surface area contributed by atoms with Crippen LogP contribution in [0.4, 0.5) is 17.5 Å². The normalized spacial score (nSPS) is 12.3. The van der Waals surface area contributed by atoms with E-state index in [9.17, 15) is 5.11 Å². The van der Waals surface area contributed by atoms with E-state index >= 15 is 0 Å². The molecule has 0 fully saturated rings. The number of aromatic nitrogens is 5. The number of hydrogen-bond acceptors (Lipinski definition) is 7. The molecule has 0 aliphatic heterocycles. The molecule has 1 unspecified atom stereocenters. The van der Waals surface area contributed by atoms with Gasteiger partial charge >= 0.3 is 0 Å². The Labute approximate surface area is 143 Å². The van der Waals surface area contributed by atoms with E-state index in [4.69, 9.17) is 11.6 Å². The van der Waals surface area contributed by atoms with Gasteiger partial charge in [0, 0.05) is 17.8 Å². The van der Waals surface area contributed by atoms with Gasteiger partial charge in [-0.1, -0.05) is 29.8 Å². The monoisotopic (exact) mass is 347 g/mol. The zero-order chi connectivity index (χ0) is 17.1. The summed E-state index contributed by atoms with van der Waals surface area (Å²) >= 11 is 6.03. The summed E-state index contributed by atoms with van der Waals surface area (Å²) < 4.78 is 1.57. The minimum Gasteiger partial charge on any atom is -0.394 e. The number of benzene rings is 1. The average molecular weight is 348 g/mol. The first kappa shape index (κ1) is 16.4. The first-order chi connectivity index (χ1) is 11.6. The van der Waals surface area contributed by atoms with Crippen molar-refractivity contribution in [3.8, 4) is 0 Å². The Kier molecular flexibility index (Phi) is 4.77. The highest BCUT2D eigenvalue weighted by Gasteiger charge is 2.15. The SMILES string of the molecule is CCC(CO)Nc1nc(Nc2cccc(Cl)c2)c2nnn(C)c2n1. The van der Waals surface area contributed by atoms with E-state index in [-0.39, 0.29) is 12.6 Å².